The van der Waals surface area contributed by atoms with Gasteiger partial charge in [-0.05, 0) is 55.9 Å². The molecule has 0 atom stereocenters. The predicted molar refractivity (Wildman–Crippen MR) is 94.8 cm³/mol. The number of sulfone groups is 1. The average Bonchev–Trinajstić information content (AvgIpc) is 2.62. The third kappa shape index (κ3) is 4.14. The van der Waals surface area contributed by atoms with Crippen molar-refractivity contribution in [2.45, 2.75) is 49.3 Å². The van der Waals surface area contributed by atoms with Crippen LogP contribution in [0, 0.1) is 5.92 Å². The number of anilines is 1. The maximum Gasteiger partial charge on any atom is 0.341 e. The first-order valence-corrected chi connectivity index (χ1v) is 10.5. The Kier molecular flexibility index (Phi) is 5.63. The number of halogens is 2. The van der Waals surface area contributed by atoms with Gasteiger partial charge in [-0.15, -0.1) is 0 Å². The Morgan fingerprint density at radius 2 is 1.52 bits per heavy atom. The smallest absolute Gasteiger partial charge is 0.341 e. The standard InChI is InChI=1S/C18H26F2N2O2S/c1-14-2-4-15(5-3-14)21-10-12-22(13-11-21)16-6-8-17(9-7-16)25(23,24)18(19)20/h6-9,14-15,18H,2-5,10-13H2,1H3. The summed E-state index contributed by atoms with van der Waals surface area (Å²) in [6.45, 7) is 6.08. The number of piperazine rings is 1. The molecule has 0 radical (unpaired) electrons. The first kappa shape index (κ1) is 18.6. The Hall–Kier alpha value is -1.21. The normalized spacial score (nSPS) is 26.2. The molecule has 4 nitrogen and oxygen atoms in total. The Labute approximate surface area is 148 Å². The number of alkyl halides is 2. The van der Waals surface area contributed by atoms with Crippen LogP contribution >= 0.6 is 0 Å². The lowest BCUT2D eigenvalue weighted by Crippen LogP contribution is -2.51. The van der Waals surface area contributed by atoms with E-state index in [-0.39, 0.29) is 4.90 Å². The molecule has 1 aliphatic heterocycles. The molecule has 140 valence electrons. The lowest BCUT2D eigenvalue weighted by Gasteiger charge is -2.42. The summed E-state index contributed by atoms with van der Waals surface area (Å²) in [7, 11) is -4.51. The summed E-state index contributed by atoms with van der Waals surface area (Å²) >= 11 is 0. The fourth-order valence-corrected chi connectivity index (χ4v) is 4.62. The second kappa shape index (κ2) is 7.58. The van der Waals surface area contributed by atoms with Crippen LogP contribution in [0.25, 0.3) is 0 Å². The van der Waals surface area contributed by atoms with E-state index in [0.717, 1.165) is 37.8 Å². The average molecular weight is 372 g/mol. The zero-order valence-corrected chi connectivity index (χ0v) is 15.4. The highest BCUT2D eigenvalue weighted by atomic mass is 32.2. The Bertz CT molecular complexity index is 663. The highest BCUT2D eigenvalue weighted by Gasteiger charge is 2.28. The van der Waals surface area contributed by atoms with E-state index < -0.39 is 15.6 Å². The van der Waals surface area contributed by atoms with E-state index in [1.165, 1.54) is 37.8 Å². The summed E-state index contributed by atoms with van der Waals surface area (Å²) in [5, 5.41) is 0. The maximum absolute atomic E-state index is 12.6. The third-order valence-electron chi connectivity index (χ3n) is 5.58. The highest BCUT2D eigenvalue weighted by molar-refractivity contribution is 7.91. The van der Waals surface area contributed by atoms with Gasteiger partial charge in [-0.1, -0.05) is 6.92 Å². The molecular formula is C18H26F2N2O2S. The van der Waals surface area contributed by atoms with Gasteiger partial charge in [0, 0.05) is 37.9 Å². The van der Waals surface area contributed by atoms with Crippen molar-refractivity contribution in [2.24, 2.45) is 5.92 Å². The van der Waals surface area contributed by atoms with Gasteiger partial charge in [0.1, 0.15) is 0 Å². The molecule has 25 heavy (non-hydrogen) atoms. The minimum absolute atomic E-state index is 0.318. The van der Waals surface area contributed by atoms with E-state index in [2.05, 4.69) is 16.7 Å². The van der Waals surface area contributed by atoms with Gasteiger partial charge in [0.2, 0.25) is 9.84 Å². The van der Waals surface area contributed by atoms with Crippen LogP contribution in [0.4, 0.5) is 14.5 Å². The van der Waals surface area contributed by atoms with Crippen molar-refractivity contribution in [2.75, 3.05) is 31.1 Å². The number of benzene rings is 1. The van der Waals surface area contributed by atoms with E-state index in [4.69, 9.17) is 0 Å². The molecule has 2 fully saturated rings. The second-order valence-corrected chi connectivity index (χ2v) is 9.15. The number of hydrogen-bond acceptors (Lipinski definition) is 4. The van der Waals surface area contributed by atoms with Gasteiger partial charge in [0.15, 0.2) is 0 Å². The highest BCUT2D eigenvalue weighted by Crippen LogP contribution is 2.29. The van der Waals surface area contributed by atoms with Crippen LogP contribution in [0.2, 0.25) is 0 Å². The van der Waals surface area contributed by atoms with Crippen molar-refractivity contribution in [1.29, 1.82) is 0 Å². The van der Waals surface area contributed by atoms with Crippen LogP contribution in [0.5, 0.6) is 0 Å². The molecule has 0 bridgehead atoms. The third-order valence-corrected chi connectivity index (χ3v) is 6.98. The van der Waals surface area contributed by atoms with Crippen LogP contribution in [0.3, 0.4) is 0 Å². The van der Waals surface area contributed by atoms with Crippen molar-refractivity contribution in [3.8, 4) is 0 Å². The van der Waals surface area contributed by atoms with E-state index >= 15 is 0 Å². The van der Waals surface area contributed by atoms with E-state index in [1.807, 2.05) is 0 Å². The van der Waals surface area contributed by atoms with E-state index in [1.54, 1.807) is 12.1 Å². The first-order chi connectivity index (χ1) is 11.9. The molecule has 0 N–H and O–H groups in total. The van der Waals surface area contributed by atoms with Crippen molar-refractivity contribution >= 4 is 15.5 Å². The Balaban J connectivity index is 1.58. The maximum atomic E-state index is 12.6. The van der Waals surface area contributed by atoms with Gasteiger partial charge in [0.25, 0.3) is 0 Å². The van der Waals surface area contributed by atoms with Crippen LogP contribution in [-0.4, -0.2) is 51.3 Å². The van der Waals surface area contributed by atoms with Crippen LogP contribution in [0.1, 0.15) is 32.6 Å². The summed E-state index contributed by atoms with van der Waals surface area (Å²) < 4.78 is 48.2. The van der Waals surface area contributed by atoms with Crippen molar-refractivity contribution in [3.05, 3.63) is 24.3 Å². The monoisotopic (exact) mass is 372 g/mol. The molecular weight excluding hydrogens is 346 g/mol. The molecule has 0 aromatic heterocycles. The predicted octanol–water partition coefficient (Wildman–Crippen LogP) is 3.38. The van der Waals surface area contributed by atoms with Gasteiger partial charge in [-0.25, -0.2) is 8.42 Å². The summed E-state index contributed by atoms with van der Waals surface area (Å²) in [6.07, 6.45) is 5.18. The SMILES string of the molecule is CC1CCC(N2CCN(c3ccc(S(=O)(=O)C(F)F)cc3)CC2)CC1. The fraction of sp³-hybridized carbons (Fsp3) is 0.667. The minimum atomic E-state index is -4.51. The topological polar surface area (TPSA) is 40.6 Å². The van der Waals surface area contributed by atoms with E-state index in [9.17, 15) is 17.2 Å². The molecule has 3 rings (SSSR count). The molecule has 1 aromatic rings. The first-order valence-electron chi connectivity index (χ1n) is 8.99. The second-order valence-electron chi connectivity index (χ2n) is 7.24. The zero-order valence-electron chi connectivity index (χ0n) is 14.6. The molecule has 0 amide bonds. The molecule has 2 aliphatic rings. The van der Waals surface area contributed by atoms with Crippen molar-refractivity contribution in [1.82, 2.24) is 4.90 Å². The molecule has 1 saturated heterocycles. The molecule has 1 saturated carbocycles. The lowest BCUT2D eigenvalue weighted by molar-refractivity contribution is 0.133. The fourth-order valence-electron chi connectivity index (χ4n) is 3.90. The summed E-state index contributed by atoms with van der Waals surface area (Å²) in [4.78, 5) is 4.44. The summed E-state index contributed by atoms with van der Waals surface area (Å²) in [5.74, 6) is -2.53. The van der Waals surface area contributed by atoms with Gasteiger partial charge < -0.3 is 4.90 Å². The molecule has 1 aliphatic carbocycles. The molecule has 7 heteroatoms. The van der Waals surface area contributed by atoms with Gasteiger partial charge >= 0.3 is 5.76 Å². The van der Waals surface area contributed by atoms with Crippen LogP contribution < -0.4 is 4.90 Å². The van der Waals surface area contributed by atoms with Gasteiger partial charge in [0.05, 0.1) is 4.90 Å². The van der Waals surface area contributed by atoms with Gasteiger partial charge in [-0.3, -0.25) is 4.90 Å². The molecule has 0 spiro atoms. The Morgan fingerprint density at radius 3 is 2.04 bits per heavy atom. The Morgan fingerprint density at radius 1 is 0.960 bits per heavy atom. The minimum Gasteiger partial charge on any atom is -0.369 e. The zero-order chi connectivity index (χ0) is 18.0. The number of nitrogens with zero attached hydrogens (tertiary/aromatic N) is 2. The summed E-state index contributed by atoms with van der Waals surface area (Å²) in [5.41, 5.74) is 0.894. The van der Waals surface area contributed by atoms with Crippen LogP contribution in [0.15, 0.2) is 29.2 Å². The molecule has 1 heterocycles. The van der Waals surface area contributed by atoms with Crippen LogP contribution in [-0.2, 0) is 9.84 Å². The van der Waals surface area contributed by atoms with Crippen molar-refractivity contribution < 1.29 is 17.2 Å². The molecule has 1 aromatic carbocycles. The van der Waals surface area contributed by atoms with Gasteiger partial charge in [-0.2, -0.15) is 8.78 Å². The summed E-state index contributed by atoms with van der Waals surface area (Å²) in [6, 6.07) is 6.52. The number of hydrogen-bond donors (Lipinski definition) is 0. The largest absolute Gasteiger partial charge is 0.369 e. The molecule has 0 unspecified atom stereocenters. The number of rotatable bonds is 4. The quantitative estimate of drug-likeness (QED) is 0.812. The lowest BCUT2D eigenvalue weighted by atomic mass is 9.86. The van der Waals surface area contributed by atoms with E-state index in [0.29, 0.717) is 6.04 Å². The van der Waals surface area contributed by atoms with Crippen molar-refractivity contribution in [3.63, 3.8) is 0 Å².